The summed E-state index contributed by atoms with van der Waals surface area (Å²) < 4.78 is 93.5. The highest BCUT2D eigenvalue weighted by atomic mass is 32.2. The number of rotatable bonds is 7. The third-order valence-electron chi connectivity index (χ3n) is 5.65. The lowest BCUT2D eigenvalue weighted by Crippen LogP contribution is -2.48. The molecule has 0 radical (unpaired) electrons. The average Bonchev–Trinajstić information content (AvgIpc) is 3.39. The molecule has 0 spiro atoms. The molecule has 0 bridgehead atoms. The Morgan fingerprint density at radius 3 is 2.26 bits per heavy atom. The highest BCUT2D eigenvalue weighted by molar-refractivity contribution is 7.92. The van der Waals surface area contributed by atoms with Gasteiger partial charge in [-0.25, -0.2) is 16.8 Å². The zero-order chi connectivity index (χ0) is 28.6. The highest BCUT2D eigenvalue weighted by Crippen LogP contribution is 2.31. The van der Waals surface area contributed by atoms with Crippen molar-refractivity contribution in [2.75, 3.05) is 54.0 Å². The molecule has 1 saturated heterocycles. The number of hydrogen-bond acceptors (Lipinski definition) is 11. The van der Waals surface area contributed by atoms with Crippen molar-refractivity contribution in [1.29, 1.82) is 0 Å². The van der Waals surface area contributed by atoms with Crippen LogP contribution in [0.2, 0.25) is 0 Å². The largest absolute Gasteiger partial charge is 0.452 e. The fourth-order valence-corrected chi connectivity index (χ4v) is 6.08. The van der Waals surface area contributed by atoms with Gasteiger partial charge in [0.1, 0.15) is 0 Å². The molecule has 4 rings (SSSR count). The topological polar surface area (TPSA) is 159 Å². The third-order valence-corrected chi connectivity index (χ3v) is 9.41. The Morgan fingerprint density at radius 2 is 1.69 bits per heavy atom. The molecule has 1 amide bonds. The molecule has 1 aliphatic heterocycles. The number of piperazine rings is 1. The number of amides is 1. The smallest absolute Gasteiger partial charge is 0.344 e. The van der Waals surface area contributed by atoms with Crippen molar-refractivity contribution in [3.05, 3.63) is 47.8 Å². The molecule has 1 N–H and O–H groups in total. The molecule has 3 heterocycles. The van der Waals surface area contributed by atoms with Crippen LogP contribution in [0.5, 0.6) is 0 Å². The van der Waals surface area contributed by atoms with Gasteiger partial charge in [-0.3, -0.25) is 9.10 Å². The van der Waals surface area contributed by atoms with E-state index in [9.17, 15) is 34.8 Å². The van der Waals surface area contributed by atoms with Crippen LogP contribution in [-0.4, -0.2) is 86.1 Å². The molecule has 13 nitrogen and oxygen atoms in total. The van der Waals surface area contributed by atoms with Gasteiger partial charge in [-0.15, -0.1) is 10.2 Å². The maximum absolute atomic E-state index is 13.0. The Bertz CT molecular complexity index is 1570. The predicted octanol–water partition coefficient (Wildman–Crippen LogP) is 1.51. The fraction of sp³-hybridized carbons (Fsp3) is 0.350. The van der Waals surface area contributed by atoms with E-state index in [1.807, 2.05) is 0 Å². The third kappa shape index (κ3) is 6.26. The Balaban J connectivity index is 1.42. The van der Waals surface area contributed by atoms with E-state index in [-0.39, 0.29) is 53.4 Å². The van der Waals surface area contributed by atoms with Crippen LogP contribution in [0, 0.1) is 0 Å². The number of halogens is 3. The maximum Gasteiger partial charge on any atom is 0.452 e. The molecule has 39 heavy (non-hydrogen) atoms. The van der Waals surface area contributed by atoms with Gasteiger partial charge < -0.3 is 10.2 Å². The first kappa shape index (κ1) is 28.6. The van der Waals surface area contributed by atoms with Crippen LogP contribution in [0.25, 0.3) is 0 Å². The number of para-hydroxylation sites is 1. The molecule has 1 aliphatic rings. The van der Waals surface area contributed by atoms with Crippen molar-refractivity contribution < 1.29 is 34.8 Å². The van der Waals surface area contributed by atoms with Crippen molar-refractivity contribution in [2.45, 2.75) is 11.2 Å². The van der Waals surface area contributed by atoms with E-state index < -0.39 is 38.0 Å². The Hall–Kier alpha value is -3.42. The molecule has 3 aromatic rings. The van der Waals surface area contributed by atoms with Crippen molar-refractivity contribution in [2.24, 2.45) is 0 Å². The summed E-state index contributed by atoms with van der Waals surface area (Å²) >= 11 is 0.584. The minimum atomic E-state index is -4.67. The summed E-state index contributed by atoms with van der Waals surface area (Å²) in [6.45, 7) is 0.116. The highest BCUT2D eigenvalue weighted by Gasteiger charge is 2.37. The van der Waals surface area contributed by atoms with Gasteiger partial charge in [0.05, 0.1) is 17.5 Å². The monoisotopic (exact) mass is 606 g/mol. The summed E-state index contributed by atoms with van der Waals surface area (Å²) in [5.74, 6) is -2.00. The van der Waals surface area contributed by atoms with Crippen molar-refractivity contribution in [3.8, 4) is 0 Å². The molecule has 0 saturated carbocycles. The van der Waals surface area contributed by atoms with Crippen LogP contribution < -0.4 is 14.5 Å². The van der Waals surface area contributed by atoms with Gasteiger partial charge >= 0.3 is 6.18 Å². The van der Waals surface area contributed by atoms with E-state index in [1.165, 1.54) is 30.1 Å². The number of carbonyl (C=O) groups is 1. The second kappa shape index (κ2) is 10.6. The van der Waals surface area contributed by atoms with Crippen LogP contribution in [0.15, 0.2) is 41.4 Å². The molecule has 19 heteroatoms. The van der Waals surface area contributed by atoms with Crippen molar-refractivity contribution >= 4 is 54.1 Å². The molecule has 1 aromatic carbocycles. The second-order valence-corrected chi connectivity index (χ2v) is 12.9. The zero-order valence-corrected chi connectivity index (χ0v) is 22.8. The molecule has 0 aliphatic carbocycles. The average molecular weight is 607 g/mol. The van der Waals surface area contributed by atoms with E-state index in [2.05, 4.69) is 24.9 Å². The molecule has 2 aromatic heterocycles. The zero-order valence-electron chi connectivity index (χ0n) is 20.3. The molecule has 1 fully saturated rings. The van der Waals surface area contributed by atoms with Crippen LogP contribution in [0.4, 0.5) is 29.8 Å². The number of alkyl halides is 3. The van der Waals surface area contributed by atoms with Crippen molar-refractivity contribution in [3.63, 3.8) is 0 Å². The molecule has 0 atom stereocenters. The summed E-state index contributed by atoms with van der Waals surface area (Å²) in [4.78, 5) is 17.8. The van der Waals surface area contributed by atoms with Crippen LogP contribution in [0.1, 0.15) is 16.2 Å². The van der Waals surface area contributed by atoms with Gasteiger partial charge in [-0.05, 0) is 24.3 Å². The van der Waals surface area contributed by atoms with E-state index in [0.717, 1.165) is 20.9 Å². The first-order valence-corrected chi connectivity index (χ1v) is 15.1. The SMILES string of the molecule is CN(c1ccccc1C(=O)Nc1ccc(S(=O)(=O)N2CCN(c3nc(C(F)(F)F)ns3)CC2)nn1)S(C)(=O)=O. The first-order chi connectivity index (χ1) is 18.2. The number of carbonyl (C=O) groups excluding carboxylic acids is 1. The number of sulfonamides is 2. The van der Waals surface area contributed by atoms with Crippen LogP contribution in [0.3, 0.4) is 0 Å². The summed E-state index contributed by atoms with van der Waals surface area (Å²) in [6.07, 6.45) is -3.67. The van der Waals surface area contributed by atoms with Gasteiger partial charge in [0.15, 0.2) is 10.8 Å². The minimum absolute atomic E-state index is 0.0337. The number of aromatic nitrogens is 4. The quantitative estimate of drug-likeness (QED) is 0.418. The summed E-state index contributed by atoms with van der Waals surface area (Å²) in [5.41, 5.74) is 0.173. The second-order valence-electron chi connectivity index (χ2n) is 8.25. The van der Waals surface area contributed by atoms with Gasteiger partial charge in [-0.2, -0.15) is 26.8 Å². The lowest BCUT2D eigenvalue weighted by molar-refractivity contribution is -0.144. The first-order valence-electron chi connectivity index (χ1n) is 11.0. The predicted molar refractivity (Wildman–Crippen MR) is 136 cm³/mol. The number of nitrogens with one attached hydrogen (secondary N) is 1. The van der Waals surface area contributed by atoms with Gasteiger partial charge in [0, 0.05) is 44.8 Å². The van der Waals surface area contributed by atoms with Crippen LogP contribution in [-0.2, 0) is 26.2 Å². The Labute approximate surface area is 225 Å². The molecule has 210 valence electrons. The van der Waals surface area contributed by atoms with Gasteiger partial charge in [0.25, 0.3) is 15.9 Å². The van der Waals surface area contributed by atoms with Crippen molar-refractivity contribution in [1.82, 2.24) is 23.9 Å². The molecular formula is C20H21F3N8O5S3. The Kier molecular flexibility index (Phi) is 7.79. The fourth-order valence-electron chi connectivity index (χ4n) is 3.54. The number of nitrogens with zero attached hydrogens (tertiary/aromatic N) is 7. The van der Waals surface area contributed by atoms with E-state index in [0.29, 0.717) is 11.5 Å². The van der Waals surface area contributed by atoms with E-state index >= 15 is 0 Å². The lowest BCUT2D eigenvalue weighted by atomic mass is 10.1. The van der Waals surface area contributed by atoms with Gasteiger partial charge in [0.2, 0.25) is 21.0 Å². The molecular weight excluding hydrogens is 585 g/mol. The van der Waals surface area contributed by atoms with E-state index in [4.69, 9.17) is 0 Å². The van der Waals surface area contributed by atoms with Crippen LogP contribution >= 0.6 is 11.5 Å². The standard InChI is InChI=1S/C20H21F3N8O5S3/c1-29(38(2,33)34)14-6-4-3-5-13(14)17(32)24-15-7-8-16(27-26-15)39(35,36)31-11-9-30(10-12-31)19-25-18(28-37-19)20(21,22)23/h3-8H,9-12H2,1-2H3,(H,24,26,32). The molecule has 0 unspecified atom stereocenters. The minimum Gasteiger partial charge on any atom is -0.344 e. The van der Waals surface area contributed by atoms with Gasteiger partial charge in [-0.1, -0.05) is 12.1 Å². The number of anilines is 3. The number of hydrogen-bond donors (Lipinski definition) is 1. The lowest BCUT2D eigenvalue weighted by Gasteiger charge is -2.33. The maximum atomic E-state index is 13.0. The summed E-state index contributed by atoms with van der Waals surface area (Å²) in [6, 6.07) is 8.38. The van der Waals surface area contributed by atoms with E-state index in [1.54, 1.807) is 12.1 Å². The Morgan fingerprint density at radius 1 is 1.03 bits per heavy atom. The summed E-state index contributed by atoms with van der Waals surface area (Å²) in [7, 11) is -6.42. The summed E-state index contributed by atoms with van der Waals surface area (Å²) in [5, 5.41) is 9.60. The normalized spacial score (nSPS) is 15.3. The number of benzene rings is 1.